The second-order valence-electron chi connectivity index (χ2n) is 5.00. The van der Waals surface area contributed by atoms with Crippen molar-refractivity contribution < 1.29 is 19.9 Å². The Kier molecular flexibility index (Phi) is 3.23. The maximum atomic E-state index is 11.3. The summed E-state index contributed by atoms with van der Waals surface area (Å²) < 4.78 is 0. The van der Waals surface area contributed by atoms with Crippen LogP contribution in [0.25, 0.3) is 0 Å². The molecule has 3 atom stereocenters. The van der Waals surface area contributed by atoms with Gasteiger partial charge in [-0.1, -0.05) is 6.42 Å². The average Bonchev–Trinajstić information content (AvgIpc) is 2.75. The number of fused-ring (bicyclic) bond motifs is 2. The van der Waals surface area contributed by atoms with E-state index in [1.165, 1.54) is 0 Å². The summed E-state index contributed by atoms with van der Waals surface area (Å²) in [4.78, 5) is 11.3. The summed E-state index contributed by atoms with van der Waals surface area (Å²) >= 11 is 0. The third-order valence-corrected chi connectivity index (χ3v) is 4.01. The van der Waals surface area contributed by atoms with E-state index in [1.807, 2.05) is 0 Å². The molecule has 0 radical (unpaired) electrons. The fraction of sp³-hybridized carbons (Fsp3) is 0.900. The van der Waals surface area contributed by atoms with Crippen molar-refractivity contribution in [1.29, 1.82) is 0 Å². The van der Waals surface area contributed by atoms with Gasteiger partial charge in [-0.2, -0.15) is 0 Å². The van der Waals surface area contributed by atoms with Gasteiger partial charge in [-0.05, 0) is 37.9 Å². The summed E-state index contributed by atoms with van der Waals surface area (Å²) in [7, 11) is -1.27. The molecule has 0 saturated carbocycles. The number of carboxylic acid groups (broad SMARTS) is 1. The second-order valence-corrected chi connectivity index (χ2v) is 5.00. The Bertz CT molecular complexity index is 286. The normalized spacial score (nSPS) is 36.6. The van der Waals surface area contributed by atoms with Crippen LogP contribution in [-0.4, -0.2) is 39.8 Å². The van der Waals surface area contributed by atoms with Crippen LogP contribution in [0, 0.1) is 5.92 Å². The van der Waals surface area contributed by atoms with Crippen molar-refractivity contribution in [2.45, 2.75) is 50.0 Å². The van der Waals surface area contributed by atoms with E-state index in [0.29, 0.717) is 25.2 Å². The average molecular weight is 227 g/mol. The zero-order chi connectivity index (χ0) is 11.8. The molecule has 0 amide bonds. The van der Waals surface area contributed by atoms with Crippen molar-refractivity contribution in [3.8, 4) is 0 Å². The maximum absolute atomic E-state index is 11.3. The van der Waals surface area contributed by atoms with Crippen LogP contribution in [0.5, 0.6) is 0 Å². The molecule has 0 aromatic heterocycles. The summed E-state index contributed by atoms with van der Waals surface area (Å²) in [5, 5.41) is 30.0. The topological polar surface area (TPSA) is 89.8 Å². The van der Waals surface area contributed by atoms with Gasteiger partial charge in [-0.15, -0.1) is 0 Å². The quantitative estimate of drug-likeness (QED) is 0.490. The highest BCUT2D eigenvalue weighted by molar-refractivity contribution is 6.40. The fourth-order valence-electron chi connectivity index (χ4n) is 3.21. The van der Waals surface area contributed by atoms with E-state index in [2.05, 4.69) is 5.32 Å². The zero-order valence-corrected chi connectivity index (χ0v) is 9.22. The van der Waals surface area contributed by atoms with Crippen LogP contribution in [-0.2, 0) is 4.79 Å². The molecule has 6 heteroatoms. The molecule has 2 heterocycles. The first-order chi connectivity index (χ1) is 7.54. The van der Waals surface area contributed by atoms with Crippen LogP contribution in [0.2, 0.25) is 6.32 Å². The number of nitrogens with one attached hydrogen (secondary N) is 1. The summed E-state index contributed by atoms with van der Waals surface area (Å²) in [6.45, 7) is 0. The van der Waals surface area contributed by atoms with Crippen molar-refractivity contribution in [3.63, 3.8) is 0 Å². The van der Waals surface area contributed by atoms with Crippen molar-refractivity contribution in [2.24, 2.45) is 5.92 Å². The monoisotopic (exact) mass is 227 g/mol. The highest BCUT2D eigenvalue weighted by Gasteiger charge is 2.56. The van der Waals surface area contributed by atoms with E-state index in [-0.39, 0.29) is 5.92 Å². The minimum atomic E-state index is -1.27. The molecular weight excluding hydrogens is 209 g/mol. The minimum Gasteiger partial charge on any atom is -0.480 e. The third-order valence-electron chi connectivity index (χ3n) is 4.01. The summed E-state index contributed by atoms with van der Waals surface area (Å²) in [6.07, 6.45) is 4.33. The SMILES string of the molecule is O=C(O)[C@]12CC[C@H](C[C@H]1CCCB(O)O)N2. The molecule has 2 aliphatic heterocycles. The Balaban J connectivity index is 1.92. The van der Waals surface area contributed by atoms with Crippen molar-refractivity contribution >= 4 is 13.1 Å². The van der Waals surface area contributed by atoms with Gasteiger partial charge in [0.15, 0.2) is 0 Å². The Morgan fingerprint density at radius 1 is 1.50 bits per heavy atom. The summed E-state index contributed by atoms with van der Waals surface area (Å²) in [6, 6.07) is 0.347. The van der Waals surface area contributed by atoms with Gasteiger partial charge >= 0.3 is 13.1 Å². The highest BCUT2D eigenvalue weighted by atomic mass is 16.4. The lowest BCUT2D eigenvalue weighted by Gasteiger charge is -2.30. The van der Waals surface area contributed by atoms with E-state index in [9.17, 15) is 9.90 Å². The van der Waals surface area contributed by atoms with Crippen LogP contribution in [0.3, 0.4) is 0 Å². The molecule has 2 rings (SSSR count). The molecule has 0 aliphatic carbocycles. The number of carboxylic acids is 1. The molecule has 2 bridgehead atoms. The Morgan fingerprint density at radius 3 is 2.81 bits per heavy atom. The molecule has 2 aliphatic rings. The first-order valence-corrected chi connectivity index (χ1v) is 5.92. The molecule has 2 saturated heterocycles. The van der Waals surface area contributed by atoms with Crippen LogP contribution in [0.15, 0.2) is 0 Å². The highest BCUT2D eigenvalue weighted by Crippen LogP contribution is 2.44. The predicted molar refractivity (Wildman–Crippen MR) is 58.9 cm³/mol. The molecule has 2 fully saturated rings. The Morgan fingerprint density at radius 2 is 2.25 bits per heavy atom. The fourth-order valence-corrected chi connectivity index (χ4v) is 3.21. The first-order valence-electron chi connectivity index (χ1n) is 5.92. The smallest absolute Gasteiger partial charge is 0.451 e. The van der Waals surface area contributed by atoms with Gasteiger partial charge in [0.05, 0.1) is 0 Å². The molecule has 4 N–H and O–H groups in total. The lowest BCUT2D eigenvalue weighted by molar-refractivity contribution is -0.146. The van der Waals surface area contributed by atoms with Crippen molar-refractivity contribution in [2.75, 3.05) is 0 Å². The molecule has 0 unspecified atom stereocenters. The first kappa shape index (κ1) is 11.9. The van der Waals surface area contributed by atoms with Crippen LogP contribution in [0.4, 0.5) is 0 Å². The van der Waals surface area contributed by atoms with Gasteiger partial charge in [0, 0.05) is 6.04 Å². The van der Waals surface area contributed by atoms with E-state index in [0.717, 1.165) is 19.3 Å². The van der Waals surface area contributed by atoms with Gasteiger partial charge in [0.1, 0.15) is 5.54 Å². The standard InChI is InChI=1S/C10H18BNO4/c13-9(14)10-4-3-8(12-10)6-7(10)2-1-5-11(15)16/h7-8,12,15-16H,1-6H2,(H,13,14)/t7-,8-,10+/m1/s1. The lowest BCUT2D eigenvalue weighted by atomic mass is 9.73. The van der Waals surface area contributed by atoms with Crippen LogP contribution in [0.1, 0.15) is 32.1 Å². The molecule has 5 nitrogen and oxygen atoms in total. The van der Waals surface area contributed by atoms with Crippen LogP contribution >= 0.6 is 0 Å². The number of hydrogen-bond donors (Lipinski definition) is 4. The molecule has 90 valence electrons. The third kappa shape index (κ3) is 1.97. The Labute approximate surface area is 95.0 Å². The van der Waals surface area contributed by atoms with E-state index in [1.54, 1.807) is 0 Å². The van der Waals surface area contributed by atoms with E-state index >= 15 is 0 Å². The van der Waals surface area contributed by atoms with Gasteiger partial charge in [-0.3, -0.25) is 10.1 Å². The van der Waals surface area contributed by atoms with Crippen molar-refractivity contribution in [1.82, 2.24) is 5.32 Å². The number of aliphatic carboxylic acids is 1. The largest absolute Gasteiger partial charge is 0.480 e. The second kappa shape index (κ2) is 4.35. The molecule has 0 aromatic carbocycles. The lowest BCUT2D eigenvalue weighted by Crippen LogP contribution is -2.49. The van der Waals surface area contributed by atoms with Crippen LogP contribution < -0.4 is 5.32 Å². The number of rotatable bonds is 5. The van der Waals surface area contributed by atoms with E-state index in [4.69, 9.17) is 10.0 Å². The minimum absolute atomic E-state index is 0.141. The number of carbonyl (C=O) groups is 1. The molecule has 0 aromatic rings. The Hall–Kier alpha value is -0.585. The number of hydrogen-bond acceptors (Lipinski definition) is 4. The van der Waals surface area contributed by atoms with Gasteiger partial charge in [0.25, 0.3) is 0 Å². The summed E-state index contributed by atoms with van der Waals surface area (Å²) in [5.74, 6) is -0.607. The molecule has 0 spiro atoms. The summed E-state index contributed by atoms with van der Waals surface area (Å²) in [5.41, 5.74) is -0.731. The zero-order valence-electron chi connectivity index (χ0n) is 9.22. The van der Waals surface area contributed by atoms with Gasteiger partial charge in [0.2, 0.25) is 0 Å². The maximum Gasteiger partial charge on any atom is 0.451 e. The molecular formula is C10H18BNO4. The van der Waals surface area contributed by atoms with Crippen molar-refractivity contribution in [3.05, 3.63) is 0 Å². The molecule has 16 heavy (non-hydrogen) atoms. The van der Waals surface area contributed by atoms with Gasteiger partial charge < -0.3 is 15.2 Å². The van der Waals surface area contributed by atoms with Gasteiger partial charge in [-0.25, -0.2) is 0 Å². The van der Waals surface area contributed by atoms with E-state index < -0.39 is 18.6 Å². The predicted octanol–water partition coefficient (Wildman–Crippen LogP) is -0.165.